The molecule has 1 atom stereocenters. The Labute approximate surface area is 176 Å². The highest BCUT2D eigenvalue weighted by Crippen LogP contribution is 2.24. The van der Waals surface area contributed by atoms with Crippen LogP contribution in [0.4, 0.5) is 0 Å². The Morgan fingerprint density at radius 2 is 2.07 bits per heavy atom. The number of benzene rings is 1. The van der Waals surface area contributed by atoms with Crippen LogP contribution in [0, 0.1) is 6.92 Å². The lowest BCUT2D eigenvalue weighted by Gasteiger charge is -2.24. The average molecular weight is 403 g/mol. The number of ether oxygens (including phenoxy) is 2. The summed E-state index contributed by atoms with van der Waals surface area (Å²) in [5.41, 5.74) is 2.31. The molecular formula is C23H38N4O2. The summed E-state index contributed by atoms with van der Waals surface area (Å²) < 4.78 is 11.7. The molecule has 1 aromatic rings. The van der Waals surface area contributed by atoms with Crippen molar-refractivity contribution in [3.8, 4) is 5.75 Å². The molecule has 2 aliphatic rings. The van der Waals surface area contributed by atoms with Gasteiger partial charge in [0.25, 0.3) is 0 Å². The maximum atomic E-state index is 6.21. The molecule has 0 amide bonds. The number of hydrogen-bond donors (Lipinski definition) is 2. The summed E-state index contributed by atoms with van der Waals surface area (Å²) in [7, 11) is 2.24. The van der Waals surface area contributed by atoms with Gasteiger partial charge in [0.2, 0.25) is 0 Å². The first-order chi connectivity index (χ1) is 14.2. The van der Waals surface area contributed by atoms with Crippen molar-refractivity contribution < 1.29 is 9.47 Å². The predicted octanol–water partition coefficient (Wildman–Crippen LogP) is 3.09. The minimum atomic E-state index is 0.150. The number of nitrogens with one attached hydrogen (secondary N) is 2. The van der Waals surface area contributed by atoms with Gasteiger partial charge in [-0.1, -0.05) is 25.0 Å². The van der Waals surface area contributed by atoms with E-state index in [9.17, 15) is 0 Å². The number of aryl methyl sites for hydroxylation is 1. The minimum absolute atomic E-state index is 0.150. The highest BCUT2D eigenvalue weighted by atomic mass is 16.5. The van der Waals surface area contributed by atoms with Crippen LogP contribution in [0.25, 0.3) is 0 Å². The molecule has 1 heterocycles. The predicted molar refractivity (Wildman–Crippen MR) is 119 cm³/mol. The van der Waals surface area contributed by atoms with E-state index in [-0.39, 0.29) is 6.10 Å². The van der Waals surface area contributed by atoms with Crippen LogP contribution in [-0.2, 0) is 11.3 Å². The summed E-state index contributed by atoms with van der Waals surface area (Å²) in [4.78, 5) is 7.29. The Kier molecular flexibility index (Phi) is 8.62. The maximum absolute atomic E-state index is 6.21. The van der Waals surface area contributed by atoms with Gasteiger partial charge in [-0.25, -0.2) is 4.99 Å². The topological polar surface area (TPSA) is 58.1 Å². The number of rotatable bonds is 9. The molecule has 1 aromatic carbocycles. The summed E-state index contributed by atoms with van der Waals surface area (Å²) in [5.74, 6) is 1.80. The third kappa shape index (κ3) is 6.89. The van der Waals surface area contributed by atoms with E-state index in [1.165, 1.54) is 31.2 Å². The lowest BCUT2D eigenvalue weighted by molar-refractivity contribution is 0.140. The Bertz CT molecular complexity index is 652. The van der Waals surface area contributed by atoms with Crippen molar-refractivity contribution in [3.05, 3.63) is 29.3 Å². The van der Waals surface area contributed by atoms with Crippen LogP contribution < -0.4 is 15.4 Å². The first kappa shape index (κ1) is 21.9. The second-order valence-electron chi connectivity index (χ2n) is 8.26. The molecule has 1 saturated heterocycles. The van der Waals surface area contributed by atoms with E-state index in [0.717, 1.165) is 56.0 Å². The van der Waals surface area contributed by atoms with Crippen molar-refractivity contribution in [1.82, 2.24) is 15.5 Å². The molecule has 1 aliphatic carbocycles. The van der Waals surface area contributed by atoms with Crippen molar-refractivity contribution in [2.75, 3.05) is 39.9 Å². The van der Waals surface area contributed by atoms with Crippen molar-refractivity contribution in [1.29, 1.82) is 0 Å². The van der Waals surface area contributed by atoms with E-state index < -0.39 is 0 Å². The van der Waals surface area contributed by atoms with Crippen LogP contribution in [0.5, 0.6) is 5.75 Å². The Balaban J connectivity index is 1.55. The monoisotopic (exact) mass is 402 g/mol. The van der Waals surface area contributed by atoms with E-state index in [1.807, 2.05) is 0 Å². The van der Waals surface area contributed by atoms with Crippen molar-refractivity contribution >= 4 is 5.96 Å². The standard InChI is InChI=1S/C23H38N4O2/c1-4-24-23(25-12-13-27(3)20-7-5-6-8-20)26-16-19-10-9-18(2)15-22(19)29-21-11-14-28-17-21/h9-10,15,20-21H,4-8,11-14,16-17H2,1-3H3,(H2,24,25,26). The van der Waals surface area contributed by atoms with Crippen molar-refractivity contribution in [2.45, 2.75) is 64.6 Å². The van der Waals surface area contributed by atoms with Crippen molar-refractivity contribution in [2.24, 2.45) is 4.99 Å². The van der Waals surface area contributed by atoms with Crippen LogP contribution in [0.1, 0.15) is 50.2 Å². The Morgan fingerprint density at radius 3 is 2.79 bits per heavy atom. The SMILES string of the molecule is CCNC(=NCc1ccc(C)cc1OC1CCOC1)NCCN(C)C1CCCC1. The smallest absolute Gasteiger partial charge is 0.191 e. The molecule has 1 saturated carbocycles. The molecule has 1 unspecified atom stereocenters. The molecule has 6 heteroatoms. The molecule has 2 N–H and O–H groups in total. The van der Waals surface area contributed by atoms with Gasteiger partial charge in [0.15, 0.2) is 5.96 Å². The Hall–Kier alpha value is -1.79. The molecule has 1 aliphatic heterocycles. The zero-order chi connectivity index (χ0) is 20.5. The van der Waals surface area contributed by atoms with Gasteiger partial charge in [-0.15, -0.1) is 0 Å². The van der Waals surface area contributed by atoms with E-state index in [1.54, 1.807) is 0 Å². The number of nitrogens with zero attached hydrogens (tertiary/aromatic N) is 2. The normalized spacial score (nSPS) is 20.4. The second kappa shape index (κ2) is 11.4. The number of likely N-dealkylation sites (N-methyl/N-ethyl adjacent to an activating group) is 1. The van der Waals surface area contributed by atoms with E-state index in [4.69, 9.17) is 14.5 Å². The lowest BCUT2D eigenvalue weighted by atomic mass is 10.1. The molecule has 2 fully saturated rings. The zero-order valence-electron chi connectivity index (χ0n) is 18.4. The van der Waals surface area contributed by atoms with Gasteiger partial charge >= 0.3 is 0 Å². The summed E-state index contributed by atoms with van der Waals surface area (Å²) in [6.07, 6.45) is 6.54. The van der Waals surface area contributed by atoms with E-state index in [2.05, 4.69) is 54.6 Å². The average Bonchev–Trinajstić information content (AvgIpc) is 3.41. The molecular weight excluding hydrogens is 364 g/mol. The summed E-state index contributed by atoms with van der Waals surface area (Å²) in [5, 5.41) is 6.85. The van der Waals surface area contributed by atoms with Gasteiger partial charge in [-0.3, -0.25) is 0 Å². The van der Waals surface area contributed by atoms with Gasteiger partial charge in [-0.2, -0.15) is 0 Å². The quantitative estimate of drug-likeness (QED) is 0.491. The number of hydrogen-bond acceptors (Lipinski definition) is 4. The highest BCUT2D eigenvalue weighted by molar-refractivity contribution is 5.79. The lowest BCUT2D eigenvalue weighted by Crippen LogP contribution is -2.42. The first-order valence-electron chi connectivity index (χ1n) is 11.2. The van der Waals surface area contributed by atoms with Gasteiger partial charge in [0, 0.05) is 37.7 Å². The molecule has 0 radical (unpaired) electrons. The van der Waals surface area contributed by atoms with E-state index >= 15 is 0 Å². The molecule has 29 heavy (non-hydrogen) atoms. The van der Waals surface area contributed by atoms with Crippen LogP contribution in [0.3, 0.4) is 0 Å². The van der Waals surface area contributed by atoms with Gasteiger partial charge < -0.3 is 25.0 Å². The molecule has 6 nitrogen and oxygen atoms in total. The minimum Gasteiger partial charge on any atom is -0.488 e. The first-order valence-corrected chi connectivity index (χ1v) is 11.2. The summed E-state index contributed by atoms with van der Waals surface area (Å²) in [6, 6.07) is 7.12. The van der Waals surface area contributed by atoms with Gasteiger partial charge in [0.05, 0.1) is 19.8 Å². The molecule has 0 spiro atoms. The van der Waals surface area contributed by atoms with Gasteiger partial charge in [-0.05, 0) is 45.4 Å². The molecule has 0 aromatic heterocycles. The fourth-order valence-corrected chi connectivity index (χ4v) is 4.07. The third-order valence-corrected chi connectivity index (χ3v) is 5.86. The second-order valence-corrected chi connectivity index (χ2v) is 8.26. The van der Waals surface area contributed by atoms with Crippen LogP contribution in [0.2, 0.25) is 0 Å². The summed E-state index contributed by atoms with van der Waals surface area (Å²) in [6.45, 7) is 9.03. The molecule has 0 bridgehead atoms. The zero-order valence-corrected chi connectivity index (χ0v) is 18.4. The maximum Gasteiger partial charge on any atom is 0.191 e. The Morgan fingerprint density at radius 1 is 1.24 bits per heavy atom. The summed E-state index contributed by atoms with van der Waals surface area (Å²) >= 11 is 0. The molecule has 162 valence electrons. The largest absolute Gasteiger partial charge is 0.488 e. The van der Waals surface area contributed by atoms with Gasteiger partial charge in [0.1, 0.15) is 11.9 Å². The fraction of sp³-hybridized carbons (Fsp3) is 0.696. The van der Waals surface area contributed by atoms with Crippen LogP contribution >= 0.6 is 0 Å². The van der Waals surface area contributed by atoms with E-state index in [0.29, 0.717) is 13.2 Å². The van der Waals surface area contributed by atoms with Crippen LogP contribution in [-0.4, -0.2) is 62.9 Å². The van der Waals surface area contributed by atoms with Crippen molar-refractivity contribution in [3.63, 3.8) is 0 Å². The number of guanidine groups is 1. The highest BCUT2D eigenvalue weighted by Gasteiger charge is 2.20. The van der Waals surface area contributed by atoms with Crippen LogP contribution in [0.15, 0.2) is 23.2 Å². The third-order valence-electron chi connectivity index (χ3n) is 5.86. The molecule has 3 rings (SSSR count). The number of aliphatic imine (C=N–C) groups is 1. The fourth-order valence-electron chi connectivity index (χ4n) is 4.07.